The van der Waals surface area contributed by atoms with Crippen LogP contribution in [-0.2, 0) is 14.3 Å². The molecule has 9 heteroatoms. The van der Waals surface area contributed by atoms with Crippen LogP contribution in [0.25, 0.3) is 5.76 Å². The van der Waals surface area contributed by atoms with Gasteiger partial charge in [-0.3, -0.25) is 9.59 Å². The average molecular weight is 495 g/mol. The van der Waals surface area contributed by atoms with E-state index >= 15 is 0 Å². The van der Waals surface area contributed by atoms with Crippen molar-refractivity contribution in [2.24, 2.45) is 0 Å². The summed E-state index contributed by atoms with van der Waals surface area (Å²) in [5.74, 6) is -0.224. The fourth-order valence-electron chi connectivity index (χ4n) is 4.98. The molecule has 1 atom stereocenters. The summed E-state index contributed by atoms with van der Waals surface area (Å²) < 4.78 is 21.9. The van der Waals surface area contributed by atoms with Crippen molar-refractivity contribution in [2.75, 3.05) is 59.7 Å². The molecule has 1 unspecified atom stereocenters. The van der Waals surface area contributed by atoms with E-state index in [4.69, 9.17) is 18.9 Å². The number of morpholine rings is 1. The van der Waals surface area contributed by atoms with Crippen LogP contribution >= 0.6 is 0 Å². The minimum absolute atomic E-state index is 0.0411. The molecule has 2 aromatic rings. The molecule has 0 saturated carbocycles. The summed E-state index contributed by atoms with van der Waals surface area (Å²) in [7, 11) is 1.57. The molecule has 2 fully saturated rings. The molecule has 2 aromatic carbocycles. The van der Waals surface area contributed by atoms with Crippen LogP contribution in [0.4, 0.5) is 0 Å². The molecule has 0 spiro atoms. The minimum atomic E-state index is -0.767. The zero-order valence-corrected chi connectivity index (χ0v) is 20.3. The monoisotopic (exact) mass is 494 g/mol. The summed E-state index contributed by atoms with van der Waals surface area (Å²) in [6.45, 7) is 5.37. The van der Waals surface area contributed by atoms with Crippen LogP contribution in [0.1, 0.15) is 23.6 Å². The molecule has 1 N–H and O–H groups in total. The second-order valence-electron chi connectivity index (χ2n) is 9.07. The Morgan fingerprint density at radius 2 is 1.75 bits per heavy atom. The van der Waals surface area contributed by atoms with Crippen molar-refractivity contribution in [3.05, 3.63) is 59.2 Å². The number of ketones is 1. The van der Waals surface area contributed by atoms with Crippen molar-refractivity contribution < 1.29 is 38.5 Å². The zero-order valence-electron chi connectivity index (χ0n) is 20.3. The Labute approximate surface area is 209 Å². The van der Waals surface area contributed by atoms with Crippen molar-refractivity contribution in [3.8, 4) is 17.2 Å². The predicted octanol–water partition coefficient (Wildman–Crippen LogP) is -0.00440. The first-order chi connectivity index (χ1) is 17.6. The van der Waals surface area contributed by atoms with E-state index in [-0.39, 0.29) is 11.1 Å². The number of rotatable bonds is 7. The van der Waals surface area contributed by atoms with Crippen LogP contribution in [0.2, 0.25) is 0 Å². The highest BCUT2D eigenvalue weighted by Gasteiger charge is 2.44. The van der Waals surface area contributed by atoms with Crippen LogP contribution < -0.4 is 24.2 Å². The fraction of sp³-hybridized carbons (Fsp3) is 0.407. The predicted molar refractivity (Wildman–Crippen MR) is 128 cm³/mol. The summed E-state index contributed by atoms with van der Waals surface area (Å²) in [5, 5.41) is 13.7. The third-order valence-electron chi connectivity index (χ3n) is 6.89. The van der Waals surface area contributed by atoms with Gasteiger partial charge in [-0.2, -0.15) is 0 Å². The van der Waals surface area contributed by atoms with E-state index < -0.39 is 23.5 Å². The summed E-state index contributed by atoms with van der Waals surface area (Å²) in [5.41, 5.74) is 0.934. The summed E-state index contributed by atoms with van der Waals surface area (Å²) in [6, 6.07) is 11.2. The Morgan fingerprint density at radius 1 is 1.03 bits per heavy atom. The van der Waals surface area contributed by atoms with Gasteiger partial charge in [-0.05, 0) is 35.4 Å². The smallest absolute Gasteiger partial charge is 0.295 e. The maximum atomic E-state index is 13.7. The maximum Gasteiger partial charge on any atom is 0.295 e. The molecule has 5 rings (SSSR count). The van der Waals surface area contributed by atoms with Gasteiger partial charge in [0.05, 0.1) is 32.9 Å². The van der Waals surface area contributed by atoms with Gasteiger partial charge in [-0.15, -0.1) is 0 Å². The number of methoxy groups -OCH3 is 1. The molecule has 190 valence electrons. The first-order valence-corrected chi connectivity index (χ1v) is 12.3. The lowest BCUT2D eigenvalue weighted by Gasteiger charge is -2.29. The molecule has 2 saturated heterocycles. The number of nitrogens with zero attached hydrogens (tertiary/aromatic N) is 1. The molecular formula is C27H30N2O7. The number of fused-ring (bicyclic) bond motifs is 1. The van der Waals surface area contributed by atoms with E-state index in [1.165, 1.54) is 9.80 Å². The van der Waals surface area contributed by atoms with E-state index in [0.717, 1.165) is 32.8 Å². The largest absolute Gasteiger partial charge is 0.872 e. The van der Waals surface area contributed by atoms with Gasteiger partial charge in [0.2, 0.25) is 5.78 Å². The second kappa shape index (κ2) is 10.6. The molecule has 0 aromatic heterocycles. The number of amides is 1. The van der Waals surface area contributed by atoms with E-state index in [2.05, 4.69) is 0 Å². The first kappa shape index (κ1) is 24.1. The van der Waals surface area contributed by atoms with E-state index in [9.17, 15) is 14.7 Å². The molecule has 1 amide bonds. The number of carbonyl (C=O) groups is 2. The number of carbonyl (C=O) groups excluding carboxylic acids is 2. The highest BCUT2D eigenvalue weighted by atomic mass is 16.6. The highest BCUT2D eigenvalue weighted by molar-refractivity contribution is 6.46. The number of quaternary nitrogens is 1. The average Bonchev–Trinajstić information content (AvgIpc) is 3.18. The van der Waals surface area contributed by atoms with Gasteiger partial charge in [0.25, 0.3) is 5.91 Å². The summed E-state index contributed by atoms with van der Waals surface area (Å²) >= 11 is 0. The Bertz CT molecular complexity index is 1160. The number of likely N-dealkylation sites (tertiary alicyclic amines) is 1. The topological polar surface area (TPSA) is 102 Å². The van der Waals surface area contributed by atoms with Crippen molar-refractivity contribution in [2.45, 2.75) is 12.5 Å². The van der Waals surface area contributed by atoms with Crippen LogP contribution in [0.5, 0.6) is 17.2 Å². The Morgan fingerprint density at radius 3 is 2.47 bits per heavy atom. The summed E-state index contributed by atoms with van der Waals surface area (Å²) in [6.07, 6.45) is 0.715. The third-order valence-corrected chi connectivity index (χ3v) is 6.89. The van der Waals surface area contributed by atoms with Gasteiger partial charge in [0.15, 0.2) is 11.5 Å². The molecule has 3 aliphatic rings. The van der Waals surface area contributed by atoms with Gasteiger partial charge in [-0.1, -0.05) is 24.0 Å². The molecule has 0 radical (unpaired) electrons. The molecule has 3 heterocycles. The second-order valence-corrected chi connectivity index (χ2v) is 9.07. The van der Waals surface area contributed by atoms with Gasteiger partial charge < -0.3 is 33.9 Å². The number of Topliss-reactive ketones (excluding diaryl/α,β-unsaturated/α-hetero) is 1. The Kier molecular flexibility index (Phi) is 7.11. The fourth-order valence-corrected chi connectivity index (χ4v) is 4.98. The molecule has 9 nitrogen and oxygen atoms in total. The van der Waals surface area contributed by atoms with Crippen molar-refractivity contribution in [1.82, 2.24) is 4.90 Å². The minimum Gasteiger partial charge on any atom is -0.872 e. The van der Waals surface area contributed by atoms with E-state index in [1.807, 2.05) is 0 Å². The molecule has 0 aliphatic carbocycles. The van der Waals surface area contributed by atoms with Crippen molar-refractivity contribution >= 4 is 17.4 Å². The van der Waals surface area contributed by atoms with Gasteiger partial charge in [-0.25, -0.2) is 0 Å². The van der Waals surface area contributed by atoms with Crippen molar-refractivity contribution in [1.29, 1.82) is 0 Å². The molecule has 3 aliphatic heterocycles. The van der Waals surface area contributed by atoms with Crippen LogP contribution in [0, 0.1) is 0 Å². The van der Waals surface area contributed by atoms with Crippen LogP contribution in [0.3, 0.4) is 0 Å². The van der Waals surface area contributed by atoms with Crippen LogP contribution in [0.15, 0.2) is 48.0 Å². The normalized spacial score (nSPS) is 21.6. The number of benzene rings is 2. The lowest BCUT2D eigenvalue weighted by atomic mass is 9.95. The van der Waals surface area contributed by atoms with Gasteiger partial charge >= 0.3 is 0 Å². The standard InChI is InChI=1S/C27H30N2O7/c1-33-20-6-3-18(4-7-20)24-23(25(30)19-5-8-21-22(17-19)36-16-15-35-21)26(31)27(32)29(24)10-2-9-28-11-13-34-14-12-28/h3-8,17,24,30H,2,9-16H2,1H3/b25-23+. The number of hydrogen-bond donors (Lipinski definition) is 1. The highest BCUT2D eigenvalue weighted by Crippen LogP contribution is 2.40. The van der Waals surface area contributed by atoms with Crippen molar-refractivity contribution in [3.63, 3.8) is 0 Å². The van der Waals surface area contributed by atoms with E-state index in [0.29, 0.717) is 49.0 Å². The zero-order chi connectivity index (χ0) is 25.1. The first-order valence-electron chi connectivity index (χ1n) is 12.3. The maximum absolute atomic E-state index is 13.7. The third kappa shape index (κ3) is 4.76. The lowest BCUT2D eigenvalue weighted by Crippen LogP contribution is -3.14. The molecule has 36 heavy (non-hydrogen) atoms. The van der Waals surface area contributed by atoms with Gasteiger partial charge in [0, 0.05) is 18.5 Å². The van der Waals surface area contributed by atoms with E-state index in [1.54, 1.807) is 49.6 Å². The number of ether oxygens (including phenoxy) is 4. The Hall–Kier alpha value is -3.56. The number of hydrogen-bond acceptors (Lipinski definition) is 7. The quantitative estimate of drug-likeness (QED) is 0.328. The molecule has 0 bridgehead atoms. The lowest BCUT2D eigenvalue weighted by molar-refractivity contribution is -0.908. The van der Waals surface area contributed by atoms with Gasteiger partial charge in [0.1, 0.15) is 32.1 Å². The summed E-state index contributed by atoms with van der Waals surface area (Å²) in [4.78, 5) is 29.4. The number of nitrogens with one attached hydrogen (secondary N) is 1. The van der Waals surface area contributed by atoms with Crippen LogP contribution in [-0.4, -0.2) is 76.3 Å². The SMILES string of the molecule is COc1ccc(C2/C(=C(\[O-])c3ccc4c(c3)OCCO4)C(=O)C(=O)N2CCC[NH+]2CCOCC2)cc1. The molecular weight excluding hydrogens is 464 g/mol. The Balaban J connectivity index is 1.48.